The topological polar surface area (TPSA) is 77.1 Å². The molecule has 156 valence electrons. The van der Waals surface area contributed by atoms with Gasteiger partial charge in [-0.05, 0) is 61.1 Å². The number of thiocarbonyl (C=S) groups is 1. The van der Waals surface area contributed by atoms with Crippen molar-refractivity contribution in [2.75, 3.05) is 25.7 Å². The average molecular weight is 447 g/mol. The minimum atomic E-state index is -0.612. The Balaban J connectivity index is 2.02. The van der Waals surface area contributed by atoms with Crippen molar-refractivity contribution in [2.24, 2.45) is 0 Å². The minimum Gasteiger partial charge on any atom is -0.497 e. The zero-order valence-corrected chi connectivity index (χ0v) is 18.1. The molecule has 0 bridgehead atoms. The van der Waals surface area contributed by atoms with Gasteiger partial charge in [0.05, 0.1) is 31.5 Å². The van der Waals surface area contributed by atoms with E-state index in [1.807, 2.05) is 6.92 Å². The molecule has 1 fully saturated rings. The number of anilines is 1. The lowest BCUT2D eigenvalue weighted by Gasteiger charge is -2.29. The summed E-state index contributed by atoms with van der Waals surface area (Å²) in [4.78, 5) is 26.9. The number of methoxy groups -OCH3 is 2. The number of hydrogen-bond donors (Lipinski definition) is 1. The Kier molecular flexibility index (Phi) is 6.59. The molecule has 7 nitrogen and oxygen atoms in total. The maximum Gasteiger partial charge on any atom is 0.270 e. The second-order valence-electron chi connectivity index (χ2n) is 6.11. The fourth-order valence-electron chi connectivity index (χ4n) is 2.87. The van der Waals surface area contributed by atoms with Crippen molar-refractivity contribution in [3.8, 4) is 17.2 Å². The molecule has 1 saturated heterocycles. The molecule has 0 radical (unpaired) electrons. The zero-order chi connectivity index (χ0) is 21.8. The number of nitrogens with one attached hydrogen (secondary N) is 1. The maximum absolute atomic E-state index is 13.1. The van der Waals surface area contributed by atoms with E-state index < -0.39 is 11.8 Å². The zero-order valence-electron chi connectivity index (χ0n) is 16.5. The van der Waals surface area contributed by atoms with Crippen LogP contribution in [0, 0.1) is 0 Å². The van der Waals surface area contributed by atoms with Crippen LogP contribution in [0.15, 0.2) is 42.0 Å². The van der Waals surface area contributed by atoms with Crippen molar-refractivity contribution in [3.05, 3.63) is 52.6 Å². The monoisotopic (exact) mass is 446 g/mol. The summed E-state index contributed by atoms with van der Waals surface area (Å²) < 4.78 is 16.0. The lowest BCUT2D eigenvalue weighted by atomic mass is 10.1. The van der Waals surface area contributed by atoms with Gasteiger partial charge in [-0.1, -0.05) is 11.6 Å². The highest BCUT2D eigenvalue weighted by Crippen LogP contribution is 2.35. The molecule has 0 aromatic heterocycles. The molecule has 1 aliphatic rings. The fraction of sp³-hybridized carbons (Fsp3) is 0.190. The lowest BCUT2D eigenvalue weighted by Crippen LogP contribution is -2.54. The maximum atomic E-state index is 13.1. The predicted octanol–water partition coefficient (Wildman–Crippen LogP) is 3.59. The lowest BCUT2D eigenvalue weighted by molar-refractivity contribution is -0.122. The van der Waals surface area contributed by atoms with E-state index in [4.69, 9.17) is 38.0 Å². The van der Waals surface area contributed by atoms with Gasteiger partial charge in [-0.25, -0.2) is 0 Å². The van der Waals surface area contributed by atoms with E-state index in [0.29, 0.717) is 40.1 Å². The van der Waals surface area contributed by atoms with E-state index in [2.05, 4.69) is 5.32 Å². The molecule has 0 saturated carbocycles. The summed E-state index contributed by atoms with van der Waals surface area (Å²) in [5, 5.41) is 2.83. The third-order valence-corrected chi connectivity index (χ3v) is 4.93. The van der Waals surface area contributed by atoms with Crippen LogP contribution in [0.1, 0.15) is 12.5 Å². The van der Waals surface area contributed by atoms with Gasteiger partial charge in [-0.2, -0.15) is 0 Å². The van der Waals surface area contributed by atoms with Crippen molar-refractivity contribution >= 4 is 52.5 Å². The number of carbonyl (C=O) groups is 2. The molecule has 2 aromatic rings. The van der Waals surface area contributed by atoms with Gasteiger partial charge in [0.1, 0.15) is 11.3 Å². The minimum absolute atomic E-state index is 0.0114. The van der Waals surface area contributed by atoms with Crippen molar-refractivity contribution in [2.45, 2.75) is 6.92 Å². The van der Waals surface area contributed by atoms with Crippen LogP contribution >= 0.6 is 23.8 Å². The molecule has 30 heavy (non-hydrogen) atoms. The van der Waals surface area contributed by atoms with Crippen LogP contribution in [0.2, 0.25) is 5.02 Å². The van der Waals surface area contributed by atoms with E-state index in [-0.39, 0.29) is 10.7 Å². The Morgan fingerprint density at radius 3 is 2.40 bits per heavy atom. The first-order chi connectivity index (χ1) is 14.4. The first kappa shape index (κ1) is 21.6. The van der Waals surface area contributed by atoms with Crippen LogP contribution in [-0.2, 0) is 9.59 Å². The molecule has 2 amide bonds. The molecule has 1 N–H and O–H groups in total. The van der Waals surface area contributed by atoms with Gasteiger partial charge in [0.2, 0.25) is 0 Å². The molecule has 0 aliphatic carbocycles. The Hall–Kier alpha value is -3.10. The van der Waals surface area contributed by atoms with Crippen LogP contribution in [0.25, 0.3) is 6.08 Å². The highest BCUT2D eigenvalue weighted by atomic mass is 35.5. The van der Waals surface area contributed by atoms with Crippen molar-refractivity contribution in [3.63, 3.8) is 0 Å². The van der Waals surface area contributed by atoms with Gasteiger partial charge >= 0.3 is 0 Å². The number of nitrogens with zero attached hydrogens (tertiary/aromatic N) is 1. The van der Waals surface area contributed by atoms with Crippen LogP contribution in [0.5, 0.6) is 17.2 Å². The van der Waals surface area contributed by atoms with Gasteiger partial charge in [0, 0.05) is 6.07 Å². The van der Waals surface area contributed by atoms with Crippen LogP contribution in [0.4, 0.5) is 5.69 Å². The highest BCUT2D eigenvalue weighted by Gasteiger charge is 2.34. The normalized spacial score (nSPS) is 15.3. The second-order valence-corrected chi connectivity index (χ2v) is 6.91. The van der Waals surface area contributed by atoms with E-state index in [0.717, 1.165) is 0 Å². The quantitative estimate of drug-likeness (QED) is 0.415. The Labute approximate surface area is 184 Å². The molecule has 1 aliphatic heterocycles. The molecular weight excluding hydrogens is 428 g/mol. The van der Waals surface area contributed by atoms with E-state index >= 15 is 0 Å². The third kappa shape index (κ3) is 4.24. The van der Waals surface area contributed by atoms with Crippen molar-refractivity contribution in [1.29, 1.82) is 0 Å². The SMILES string of the molecule is CCOc1cc(Cl)c(/C=C2\C(=O)NC(=S)N(c3ccc(OC)cc3)C2=O)cc1OC. The first-order valence-electron chi connectivity index (χ1n) is 8.95. The van der Waals surface area contributed by atoms with Gasteiger partial charge < -0.3 is 14.2 Å². The standard InChI is InChI=1S/C21H19ClN2O5S/c1-4-29-18-11-16(22)12(10-17(18)28-3)9-15-19(25)23-21(30)24(20(15)26)13-5-7-14(27-2)8-6-13/h5-11H,4H2,1-3H3,(H,23,25,30)/b15-9+. The van der Waals surface area contributed by atoms with Crippen molar-refractivity contribution in [1.82, 2.24) is 5.32 Å². The summed E-state index contributed by atoms with van der Waals surface area (Å²) in [5.41, 5.74) is 0.803. The molecule has 2 aromatic carbocycles. The Bertz CT molecular complexity index is 1040. The highest BCUT2D eigenvalue weighted by molar-refractivity contribution is 7.80. The van der Waals surface area contributed by atoms with E-state index in [1.165, 1.54) is 18.1 Å². The van der Waals surface area contributed by atoms with Crippen LogP contribution in [0.3, 0.4) is 0 Å². The second kappa shape index (κ2) is 9.15. The van der Waals surface area contributed by atoms with Crippen LogP contribution in [-0.4, -0.2) is 37.8 Å². The summed E-state index contributed by atoms with van der Waals surface area (Å²) in [5.74, 6) is 0.339. The number of benzene rings is 2. The summed E-state index contributed by atoms with van der Waals surface area (Å²) in [6, 6.07) is 9.91. The van der Waals surface area contributed by atoms with Gasteiger partial charge in [-0.15, -0.1) is 0 Å². The molecule has 1 heterocycles. The van der Waals surface area contributed by atoms with Gasteiger partial charge in [0.15, 0.2) is 16.6 Å². The average Bonchev–Trinajstić information content (AvgIpc) is 2.73. The number of hydrogen-bond acceptors (Lipinski definition) is 6. The van der Waals surface area contributed by atoms with Crippen molar-refractivity contribution < 1.29 is 23.8 Å². The molecule has 0 unspecified atom stereocenters. The summed E-state index contributed by atoms with van der Waals surface area (Å²) in [6.45, 7) is 2.27. The summed E-state index contributed by atoms with van der Waals surface area (Å²) in [7, 11) is 3.03. The largest absolute Gasteiger partial charge is 0.497 e. The van der Waals surface area contributed by atoms with E-state index in [9.17, 15) is 9.59 Å². The number of carbonyl (C=O) groups excluding carboxylic acids is 2. The predicted molar refractivity (Wildman–Crippen MR) is 118 cm³/mol. The van der Waals surface area contributed by atoms with Gasteiger partial charge in [-0.3, -0.25) is 19.8 Å². The number of rotatable bonds is 6. The summed E-state index contributed by atoms with van der Waals surface area (Å²) in [6.07, 6.45) is 1.40. The Morgan fingerprint density at radius 2 is 1.80 bits per heavy atom. The molecular formula is C21H19ClN2O5S. The summed E-state index contributed by atoms with van der Waals surface area (Å²) >= 11 is 11.6. The number of amides is 2. The van der Waals surface area contributed by atoms with E-state index in [1.54, 1.807) is 43.5 Å². The van der Waals surface area contributed by atoms with Crippen LogP contribution < -0.4 is 24.4 Å². The molecule has 0 spiro atoms. The smallest absolute Gasteiger partial charge is 0.270 e. The number of halogens is 1. The number of ether oxygens (including phenoxy) is 3. The van der Waals surface area contributed by atoms with Gasteiger partial charge in [0.25, 0.3) is 11.8 Å². The third-order valence-electron chi connectivity index (χ3n) is 4.31. The molecule has 9 heteroatoms. The molecule has 0 atom stereocenters. The first-order valence-corrected chi connectivity index (χ1v) is 9.74. The molecule has 3 rings (SSSR count). The Morgan fingerprint density at radius 1 is 1.10 bits per heavy atom. The fourth-order valence-corrected chi connectivity index (χ4v) is 3.36.